The van der Waals surface area contributed by atoms with Gasteiger partial charge in [0.25, 0.3) is 0 Å². The van der Waals surface area contributed by atoms with Crippen LogP contribution in [0.5, 0.6) is 0 Å². The van der Waals surface area contributed by atoms with Gasteiger partial charge in [0.1, 0.15) is 10.6 Å². The summed E-state index contributed by atoms with van der Waals surface area (Å²) >= 11 is 1.40. The number of carbonyl (C=O) groups excluding carboxylic acids is 1. The van der Waals surface area contributed by atoms with Gasteiger partial charge in [-0.2, -0.15) is 0 Å². The van der Waals surface area contributed by atoms with Crippen molar-refractivity contribution in [1.82, 2.24) is 10.3 Å². The number of rotatable bonds is 5. The Labute approximate surface area is 111 Å². The van der Waals surface area contributed by atoms with Crippen LogP contribution in [0.2, 0.25) is 0 Å². The Morgan fingerprint density at radius 1 is 1.50 bits per heavy atom. The van der Waals surface area contributed by atoms with Gasteiger partial charge in [0.2, 0.25) is 0 Å². The van der Waals surface area contributed by atoms with Crippen LogP contribution in [0.4, 0.5) is 14.9 Å². The number of alkyl carbamates (subject to hydrolysis) is 1. The number of amides is 1. The molecule has 1 rings (SSSR count). The molecule has 0 radical (unpaired) electrons. The predicted molar refractivity (Wildman–Crippen MR) is 73.9 cm³/mol. The van der Waals surface area contributed by atoms with Crippen molar-refractivity contribution in [3.63, 3.8) is 0 Å². The average Bonchev–Trinajstić information content (AvgIpc) is 2.61. The van der Waals surface area contributed by atoms with Gasteiger partial charge in [-0.1, -0.05) is 11.3 Å². The van der Waals surface area contributed by atoms with E-state index in [0.29, 0.717) is 11.5 Å². The monoisotopic (exact) mass is 272 g/mol. The lowest BCUT2D eigenvalue weighted by Crippen LogP contribution is -2.33. The summed E-state index contributed by atoms with van der Waals surface area (Å²) in [6, 6.07) is 0. The van der Waals surface area contributed by atoms with Crippen LogP contribution < -0.4 is 16.4 Å². The molecule has 0 unspecified atom stereocenters. The van der Waals surface area contributed by atoms with Crippen molar-refractivity contribution in [1.29, 1.82) is 0 Å². The van der Waals surface area contributed by atoms with Gasteiger partial charge in [0, 0.05) is 13.1 Å². The van der Waals surface area contributed by atoms with E-state index in [9.17, 15) is 4.79 Å². The third-order valence-electron chi connectivity index (χ3n) is 1.82. The van der Waals surface area contributed by atoms with Crippen LogP contribution in [0.1, 0.15) is 27.2 Å². The summed E-state index contributed by atoms with van der Waals surface area (Å²) in [7, 11) is 0. The van der Waals surface area contributed by atoms with Gasteiger partial charge in [0.15, 0.2) is 5.13 Å². The number of carbonyl (C=O) groups is 1. The molecule has 0 fully saturated rings. The summed E-state index contributed by atoms with van der Waals surface area (Å²) < 4.78 is 5.11. The number of nitrogens with one attached hydrogen (secondary N) is 2. The highest BCUT2D eigenvalue weighted by atomic mass is 32.1. The molecule has 1 heterocycles. The second-order valence-electron chi connectivity index (χ2n) is 4.78. The number of aromatic nitrogens is 1. The zero-order chi connectivity index (χ0) is 13.6. The normalized spacial score (nSPS) is 11.1. The first-order valence-electron chi connectivity index (χ1n) is 5.79. The number of nitrogens with two attached hydrogens (primary N) is 1. The molecular weight excluding hydrogens is 252 g/mol. The van der Waals surface area contributed by atoms with Crippen LogP contribution in [0.25, 0.3) is 0 Å². The molecule has 0 aliphatic carbocycles. The number of nitrogens with zero attached hydrogens (tertiary/aromatic N) is 1. The molecule has 1 aromatic rings. The lowest BCUT2D eigenvalue weighted by atomic mass is 10.2. The summed E-state index contributed by atoms with van der Waals surface area (Å²) in [5.74, 6) is 0. The second kappa shape index (κ2) is 6.44. The van der Waals surface area contributed by atoms with E-state index in [2.05, 4.69) is 15.6 Å². The number of anilines is 2. The molecule has 102 valence electrons. The highest BCUT2D eigenvalue weighted by Gasteiger charge is 2.15. The minimum atomic E-state index is -0.458. The minimum absolute atomic E-state index is 0.388. The Kier molecular flexibility index (Phi) is 5.21. The first-order valence-corrected chi connectivity index (χ1v) is 6.60. The van der Waals surface area contributed by atoms with E-state index in [1.54, 1.807) is 6.20 Å². The quantitative estimate of drug-likeness (QED) is 0.714. The zero-order valence-electron chi connectivity index (χ0n) is 10.9. The third kappa shape index (κ3) is 6.29. The molecule has 0 bridgehead atoms. The van der Waals surface area contributed by atoms with E-state index in [-0.39, 0.29) is 6.09 Å². The van der Waals surface area contributed by atoms with E-state index in [1.807, 2.05) is 20.8 Å². The van der Waals surface area contributed by atoms with Gasteiger partial charge in [-0.3, -0.25) is 0 Å². The zero-order valence-corrected chi connectivity index (χ0v) is 11.8. The van der Waals surface area contributed by atoms with Crippen molar-refractivity contribution in [2.75, 3.05) is 24.1 Å². The topological polar surface area (TPSA) is 89.3 Å². The summed E-state index contributed by atoms with van der Waals surface area (Å²) in [6.07, 6.45) is 2.02. The van der Waals surface area contributed by atoms with Crippen LogP contribution in [0, 0.1) is 0 Å². The van der Waals surface area contributed by atoms with Crippen LogP contribution in [-0.4, -0.2) is 29.8 Å². The van der Waals surface area contributed by atoms with Crippen LogP contribution >= 0.6 is 11.3 Å². The Balaban J connectivity index is 2.07. The molecule has 6 nitrogen and oxygen atoms in total. The first kappa shape index (κ1) is 14.6. The van der Waals surface area contributed by atoms with Crippen LogP contribution in [-0.2, 0) is 4.74 Å². The molecule has 7 heteroatoms. The lowest BCUT2D eigenvalue weighted by molar-refractivity contribution is 0.0528. The molecule has 0 saturated heterocycles. The fraction of sp³-hybridized carbons (Fsp3) is 0.636. The number of hydrogen-bond acceptors (Lipinski definition) is 6. The van der Waals surface area contributed by atoms with E-state index in [1.165, 1.54) is 11.3 Å². The lowest BCUT2D eigenvalue weighted by Gasteiger charge is -2.19. The standard InChI is InChI=1S/C11H20N4O2S/c1-11(2,3)17-10(16)14-6-4-5-13-9-15-7-8(12)18-9/h7H,4-6,12H2,1-3H3,(H,13,15)(H,14,16). The van der Waals surface area contributed by atoms with Crippen molar-refractivity contribution < 1.29 is 9.53 Å². The Morgan fingerprint density at radius 2 is 2.22 bits per heavy atom. The molecule has 0 aromatic carbocycles. The molecule has 0 atom stereocenters. The second-order valence-corrected chi connectivity index (χ2v) is 5.84. The van der Waals surface area contributed by atoms with Gasteiger partial charge < -0.3 is 21.1 Å². The van der Waals surface area contributed by atoms with Crippen LogP contribution in [0.3, 0.4) is 0 Å². The van der Waals surface area contributed by atoms with E-state index < -0.39 is 5.60 Å². The van der Waals surface area contributed by atoms with Crippen molar-refractivity contribution >= 4 is 27.6 Å². The largest absolute Gasteiger partial charge is 0.444 e. The Morgan fingerprint density at radius 3 is 2.78 bits per heavy atom. The number of ether oxygens (including phenoxy) is 1. The van der Waals surface area contributed by atoms with Gasteiger partial charge in [-0.05, 0) is 27.2 Å². The van der Waals surface area contributed by atoms with Gasteiger partial charge in [-0.15, -0.1) is 0 Å². The highest BCUT2D eigenvalue weighted by molar-refractivity contribution is 7.19. The van der Waals surface area contributed by atoms with Gasteiger partial charge in [0.05, 0.1) is 6.20 Å². The highest BCUT2D eigenvalue weighted by Crippen LogP contribution is 2.18. The molecule has 0 spiro atoms. The number of nitrogen functional groups attached to an aromatic ring is 1. The van der Waals surface area contributed by atoms with Crippen LogP contribution in [0.15, 0.2) is 6.20 Å². The van der Waals surface area contributed by atoms with Crippen molar-refractivity contribution in [2.45, 2.75) is 32.8 Å². The predicted octanol–water partition coefficient (Wildman–Crippen LogP) is 2.05. The third-order valence-corrected chi connectivity index (χ3v) is 2.61. The summed E-state index contributed by atoms with van der Waals surface area (Å²) in [4.78, 5) is 15.4. The van der Waals surface area contributed by atoms with E-state index in [0.717, 1.165) is 18.1 Å². The molecule has 0 aliphatic rings. The first-order chi connectivity index (χ1) is 8.37. The van der Waals surface area contributed by atoms with E-state index in [4.69, 9.17) is 10.5 Å². The summed E-state index contributed by atoms with van der Waals surface area (Å²) in [6.45, 7) is 6.79. The fourth-order valence-electron chi connectivity index (χ4n) is 1.16. The van der Waals surface area contributed by atoms with Crippen molar-refractivity contribution in [3.05, 3.63) is 6.20 Å². The number of thiazole rings is 1. The maximum atomic E-state index is 11.3. The maximum absolute atomic E-state index is 11.3. The molecule has 0 aliphatic heterocycles. The SMILES string of the molecule is CC(C)(C)OC(=O)NCCCNc1ncc(N)s1. The minimum Gasteiger partial charge on any atom is -0.444 e. The summed E-state index contributed by atoms with van der Waals surface area (Å²) in [5, 5.41) is 7.29. The molecule has 18 heavy (non-hydrogen) atoms. The number of hydrogen-bond donors (Lipinski definition) is 3. The fourth-order valence-corrected chi connectivity index (χ4v) is 1.76. The average molecular weight is 272 g/mol. The molecular formula is C11H20N4O2S. The molecule has 0 saturated carbocycles. The van der Waals surface area contributed by atoms with Crippen molar-refractivity contribution in [3.8, 4) is 0 Å². The van der Waals surface area contributed by atoms with Crippen molar-refractivity contribution in [2.24, 2.45) is 0 Å². The van der Waals surface area contributed by atoms with Gasteiger partial charge in [-0.25, -0.2) is 9.78 Å². The Bertz CT molecular complexity index is 387. The molecule has 4 N–H and O–H groups in total. The summed E-state index contributed by atoms with van der Waals surface area (Å²) in [5.41, 5.74) is 5.09. The van der Waals surface area contributed by atoms with Gasteiger partial charge >= 0.3 is 6.09 Å². The Hall–Kier alpha value is -1.50. The van der Waals surface area contributed by atoms with E-state index >= 15 is 0 Å². The smallest absolute Gasteiger partial charge is 0.407 e. The molecule has 1 amide bonds. The maximum Gasteiger partial charge on any atom is 0.407 e. The molecule has 1 aromatic heterocycles.